The van der Waals surface area contributed by atoms with Crippen molar-refractivity contribution >= 4 is 70.1 Å². The van der Waals surface area contributed by atoms with Crippen LogP contribution in [0.15, 0.2) is 77.0 Å². The third-order valence-electron chi connectivity index (χ3n) is 9.22. The number of aromatic nitrogens is 1. The topological polar surface area (TPSA) is 63.3 Å². The van der Waals surface area contributed by atoms with E-state index in [1.165, 1.54) is 26.2 Å². The summed E-state index contributed by atoms with van der Waals surface area (Å²) < 4.78 is 8.90. The summed E-state index contributed by atoms with van der Waals surface area (Å²) in [6.07, 6.45) is 6.67. The quantitative estimate of drug-likeness (QED) is 0.100. The van der Waals surface area contributed by atoms with Crippen LogP contribution in [-0.4, -0.2) is 15.9 Å². The summed E-state index contributed by atoms with van der Waals surface area (Å²) >= 11 is 1.79. The summed E-state index contributed by atoms with van der Waals surface area (Å²) in [5.41, 5.74) is 1.99. The van der Waals surface area contributed by atoms with E-state index in [9.17, 15) is 9.90 Å². The second kappa shape index (κ2) is 12.7. The van der Waals surface area contributed by atoms with Crippen LogP contribution in [0.3, 0.4) is 0 Å². The maximum Gasteiger partial charge on any atom is 0.164 e. The van der Waals surface area contributed by atoms with Gasteiger partial charge < -0.3 is 14.5 Å². The van der Waals surface area contributed by atoms with Crippen molar-refractivity contribution in [1.29, 1.82) is 0 Å². The molecule has 6 rings (SSSR count). The molecule has 3 aromatic carbocycles. The van der Waals surface area contributed by atoms with Crippen LogP contribution in [0.2, 0.25) is 0 Å². The Morgan fingerprint density at radius 3 is 2.29 bits per heavy atom. The van der Waals surface area contributed by atoms with Gasteiger partial charge >= 0.3 is 0 Å². The van der Waals surface area contributed by atoms with Gasteiger partial charge in [0.05, 0.1) is 0 Å². The molecule has 1 N–H and O–H groups in total. The van der Waals surface area contributed by atoms with E-state index in [-0.39, 0.29) is 42.5 Å². The molecular formula is C36H38IrNO3S-. The second-order valence-corrected chi connectivity index (χ2v) is 12.5. The van der Waals surface area contributed by atoms with Gasteiger partial charge in [-0.15, -0.1) is 23.6 Å². The monoisotopic (exact) mass is 757 g/mol. The van der Waals surface area contributed by atoms with E-state index in [2.05, 4.69) is 36.4 Å². The summed E-state index contributed by atoms with van der Waals surface area (Å²) in [7, 11) is 0. The van der Waals surface area contributed by atoms with Crippen LogP contribution in [-0.2, 0) is 24.9 Å². The number of hydrogen-bond donors (Lipinski definition) is 1. The molecule has 0 aliphatic carbocycles. The molecule has 0 unspecified atom stereocenters. The van der Waals surface area contributed by atoms with E-state index >= 15 is 0 Å². The number of fused-ring (bicyclic) bond motifs is 4. The smallest absolute Gasteiger partial charge is 0.164 e. The first-order chi connectivity index (χ1) is 19.7. The number of aliphatic hydroxyl groups is 1. The van der Waals surface area contributed by atoms with Gasteiger partial charge in [0.1, 0.15) is 16.9 Å². The average Bonchev–Trinajstić information content (AvgIpc) is 3.32. The molecule has 6 aromatic rings. The Labute approximate surface area is 265 Å². The van der Waals surface area contributed by atoms with E-state index in [0.717, 1.165) is 58.5 Å². The second-order valence-electron chi connectivity index (χ2n) is 11.4. The first kappa shape index (κ1) is 31.9. The van der Waals surface area contributed by atoms with E-state index in [1.807, 2.05) is 72.0 Å². The SMILES string of the molecule is CCC(C)(CC)C(=O)/C=C(\O)C(C)(CC)CC.[Ir].[c-]1ccc2sc3cccc4oc5c6ccccc6cnc5c1c2c43. The molecule has 3 aromatic heterocycles. The number of carbonyl (C=O) groups is 1. The molecule has 0 aliphatic heterocycles. The summed E-state index contributed by atoms with van der Waals surface area (Å²) in [6, 6.07) is 22.0. The van der Waals surface area contributed by atoms with Crippen molar-refractivity contribution in [1.82, 2.24) is 4.98 Å². The molecule has 6 heteroatoms. The largest absolute Gasteiger partial charge is 0.512 e. The van der Waals surface area contributed by atoms with E-state index < -0.39 is 0 Å². The summed E-state index contributed by atoms with van der Waals surface area (Å²) in [4.78, 5) is 16.9. The minimum Gasteiger partial charge on any atom is -0.512 e. The van der Waals surface area contributed by atoms with Gasteiger partial charge in [-0.3, -0.25) is 4.79 Å². The van der Waals surface area contributed by atoms with Gasteiger partial charge in [-0.2, -0.15) is 11.3 Å². The first-order valence-electron chi connectivity index (χ1n) is 14.6. The van der Waals surface area contributed by atoms with E-state index in [0.29, 0.717) is 0 Å². The number of hydrogen-bond acceptors (Lipinski definition) is 5. The minimum absolute atomic E-state index is 0. The summed E-state index contributed by atoms with van der Waals surface area (Å²) in [6.45, 7) is 12.1. The van der Waals surface area contributed by atoms with Gasteiger partial charge in [0.15, 0.2) is 5.78 Å². The number of nitrogens with zero attached hydrogens (tertiary/aromatic N) is 1. The molecule has 221 valence electrons. The molecule has 42 heavy (non-hydrogen) atoms. The number of rotatable bonds is 7. The molecule has 0 fully saturated rings. The molecule has 0 saturated heterocycles. The molecule has 4 nitrogen and oxygen atoms in total. The summed E-state index contributed by atoms with van der Waals surface area (Å²) in [5, 5.41) is 15.7. The standard InChI is InChI=1S/C21H10NOS.C15H28O2.Ir/c1-2-6-13-12(5-1)11-22-20-14-7-3-9-16-18(14)19-15(23-21(13)20)8-4-10-17(19)24-16;1-7-14(5,8-2)12(16)11-13(17)15(6,9-3)10-4;/h1-6,8-11H;11,16H,7-10H2,1-6H3;/q-1;;/b;12-11-;. The molecule has 0 aliphatic rings. The maximum absolute atomic E-state index is 12.2. The Balaban J connectivity index is 0.000000203. The average molecular weight is 757 g/mol. The van der Waals surface area contributed by atoms with Crippen molar-refractivity contribution in [3.05, 3.63) is 78.7 Å². The predicted molar refractivity (Wildman–Crippen MR) is 174 cm³/mol. The molecule has 0 saturated carbocycles. The van der Waals surface area contributed by atoms with Crippen LogP contribution in [0.5, 0.6) is 0 Å². The third-order valence-corrected chi connectivity index (χ3v) is 10.3. The van der Waals surface area contributed by atoms with E-state index in [1.54, 1.807) is 11.3 Å². The fourth-order valence-electron chi connectivity index (χ4n) is 5.26. The summed E-state index contributed by atoms with van der Waals surface area (Å²) in [5.74, 6) is 0.286. The van der Waals surface area contributed by atoms with Gasteiger partial charge in [0.2, 0.25) is 0 Å². The number of carbonyl (C=O) groups excluding carboxylic acids is 1. The van der Waals surface area contributed by atoms with Gasteiger partial charge in [0.25, 0.3) is 0 Å². The van der Waals surface area contributed by atoms with Crippen LogP contribution < -0.4 is 0 Å². The Hall–Kier alpha value is -3.05. The van der Waals surface area contributed by atoms with Gasteiger partial charge in [0, 0.05) is 69.6 Å². The van der Waals surface area contributed by atoms with Gasteiger partial charge in [-0.25, -0.2) is 0 Å². The Kier molecular flexibility index (Phi) is 9.62. The zero-order valence-corrected chi connectivity index (χ0v) is 28.3. The number of thiophene rings is 1. The molecule has 0 amide bonds. The molecule has 1 radical (unpaired) electrons. The molecule has 0 spiro atoms. The van der Waals surface area contributed by atoms with Crippen molar-refractivity contribution in [2.24, 2.45) is 10.8 Å². The molecule has 0 atom stereocenters. The zero-order chi connectivity index (χ0) is 29.4. The Morgan fingerprint density at radius 1 is 0.929 bits per heavy atom. The van der Waals surface area contributed by atoms with Crippen molar-refractivity contribution in [2.75, 3.05) is 0 Å². The van der Waals surface area contributed by atoms with Gasteiger partial charge in [-0.05, 0) is 42.5 Å². The van der Waals surface area contributed by atoms with Crippen LogP contribution in [0.4, 0.5) is 0 Å². The fraction of sp³-hybridized carbons (Fsp3) is 0.333. The Bertz CT molecular complexity index is 1910. The molecular weight excluding hydrogens is 719 g/mol. The zero-order valence-electron chi connectivity index (χ0n) is 25.1. The normalized spacial score (nSPS) is 12.6. The van der Waals surface area contributed by atoms with Crippen LogP contribution in [0, 0.1) is 16.9 Å². The number of benzene rings is 3. The van der Waals surface area contributed by atoms with Gasteiger partial charge in [-0.1, -0.05) is 77.3 Å². The number of pyridine rings is 1. The van der Waals surface area contributed by atoms with Crippen molar-refractivity contribution in [2.45, 2.75) is 67.2 Å². The van der Waals surface area contributed by atoms with Crippen LogP contribution >= 0.6 is 11.3 Å². The van der Waals surface area contributed by atoms with Crippen molar-refractivity contribution < 1.29 is 34.4 Å². The third kappa shape index (κ3) is 5.53. The number of allylic oxidation sites excluding steroid dienone is 2. The molecule has 0 bridgehead atoms. The molecule has 3 heterocycles. The minimum atomic E-state index is -0.337. The van der Waals surface area contributed by atoms with Crippen LogP contribution in [0.25, 0.3) is 53.0 Å². The fourth-order valence-corrected chi connectivity index (χ4v) is 6.39. The first-order valence-corrected chi connectivity index (χ1v) is 15.4. The van der Waals surface area contributed by atoms with Crippen LogP contribution in [0.1, 0.15) is 67.2 Å². The number of ketones is 1. The van der Waals surface area contributed by atoms with E-state index in [4.69, 9.17) is 9.40 Å². The predicted octanol–water partition coefficient (Wildman–Crippen LogP) is 10.9. The maximum atomic E-state index is 12.2. The van der Waals surface area contributed by atoms with Crippen molar-refractivity contribution in [3.63, 3.8) is 0 Å². The number of aliphatic hydroxyl groups excluding tert-OH is 1. The Morgan fingerprint density at radius 2 is 1.60 bits per heavy atom. The van der Waals surface area contributed by atoms with Crippen molar-refractivity contribution in [3.8, 4) is 0 Å².